The summed E-state index contributed by atoms with van der Waals surface area (Å²) in [4.78, 5) is 14.0. The van der Waals surface area contributed by atoms with Gasteiger partial charge in [0.2, 0.25) is 0 Å². The number of benzene rings is 8. The van der Waals surface area contributed by atoms with Gasteiger partial charge in [-0.3, -0.25) is 19.5 Å². The van der Waals surface area contributed by atoms with Gasteiger partial charge >= 0.3 is 0 Å². The van der Waals surface area contributed by atoms with E-state index in [9.17, 15) is 15.3 Å². The summed E-state index contributed by atoms with van der Waals surface area (Å²) in [6, 6.07) is 59.1. The van der Waals surface area contributed by atoms with Crippen molar-refractivity contribution in [1.82, 2.24) is 0 Å². The zero-order chi connectivity index (χ0) is 41.8. The molecule has 296 valence electrons. The molecule has 1 atom stereocenters. The van der Waals surface area contributed by atoms with Gasteiger partial charge in [0.05, 0.1) is 22.4 Å². The van der Waals surface area contributed by atoms with E-state index in [2.05, 4.69) is 15.0 Å². The number of aromatic hydroxyl groups is 3. The molecule has 9 heteroatoms. The van der Waals surface area contributed by atoms with Crippen molar-refractivity contribution in [3.8, 4) is 34.1 Å². The Morgan fingerprint density at radius 1 is 0.410 bits per heavy atom. The minimum Gasteiger partial charge on any atom is -0.507 e. The number of phenols is 3. The number of hydrogen-bond donors (Lipinski definition) is 3. The fourth-order valence-electron chi connectivity index (χ4n) is 7.76. The van der Waals surface area contributed by atoms with Crippen LogP contribution in [-0.2, 0) is 9.72 Å². The molecule has 8 aromatic rings. The van der Waals surface area contributed by atoms with Crippen LogP contribution in [0.3, 0.4) is 0 Å². The molecule has 0 saturated heterocycles. The van der Waals surface area contributed by atoms with E-state index in [1.165, 1.54) is 0 Å². The monoisotopic (exact) mass is 815 g/mol. The third-order valence-electron chi connectivity index (χ3n) is 10.8. The Hall–Kier alpha value is -7.80. The molecule has 0 aromatic heterocycles. The van der Waals surface area contributed by atoms with Crippen LogP contribution >= 0.6 is 7.37 Å². The van der Waals surface area contributed by atoms with Crippen LogP contribution in [0.2, 0.25) is 0 Å². The van der Waals surface area contributed by atoms with E-state index in [4.69, 9.17) is 4.52 Å². The molecule has 0 aliphatic carbocycles. The van der Waals surface area contributed by atoms with Crippen molar-refractivity contribution < 1.29 is 24.4 Å². The van der Waals surface area contributed by atoms with Crippen LogP contribution in [0.5, 0.6) is 23.0 Å². The van der Waals surface area contributed by atoms with Crippen molar-refractivity contribution in [2.75, 3.05) is 0 Å². The Labute approximate surface area is 353 Å². The normalized spacial score (nSPS) is 15.6. The maximum Gasteiger partial charge on any atom is 0.296 e. The van der Waals surface area contributed by atoms with Crippen molar-refractivity contribution >= 4 is 48.4 Å². The van der Waals surface area contributed by atoms with Crippen molar-refractivity contribution in [2.45, 2.75) is 5.16 Å². The summed E-state index contributed by atoms with van der Waals surface area (Å²) in [6.45, 7) is 0. The second-order valence-corrected chi connectivity index (χ2v) is 16.9. The van der Waals surface area contributed by atoms with Crippen LogP contribution in [-0.4, -0.2) is 34.0 Å². The summed E-state index contributed by atoms with van der Waals surface area (Å²) in [7, 11) is -4.11. The van der Waals surface area contributed by atoms with Crippen molar-refractivity contribution in [2.24, 2.45) is 15.0 Å². The smallest absolute Gasteiger partial charge is 0.296 e. The van der Waals surface area contributed by atoms with Crippen molar-refractivity contribution in [1.29, 1.82) is 0 Å². The average Bonchev–Trinajstić information content (AvgIpc) is 3.30. The van der Waals surface area contributed by atoms with Gasteiger partial charge in [-0.15, -0.1) is 0 Å². The first kappa shape index (κ1) is 38.7. The number of fused-ring (bicyclic) bond motifs is 3. The first-order chi connectivity index (χ1) is 29.8. The van der Waals surface area contributed by atoms with Gasteiger partial charge in [-0.2, -0.15) is 0 Å². The zero-order valence-electron chi connectivity index (χ0n) is 32.7. The summed E-state index contributed by atoms with van der Waals surface area (Å²) in [5, 5.41) is 30.3. The van der Waals surface area contributed by atoms with Gasteiger partial charge in [0, 0.05) is 40.9 Å². The van der Waals surface area contributed by atoms with E-state index < -0.39 is 12.5 Å². The first-order valence-corrected chi connectivity index (χ1v) is 21.2. The Morgan fingerprint density at radius 2 is 0.754 bits per heavy atom. The summed E-state index contributed by atoms with van der Waals surface area (Å²) < 4.78 is 24.0. The predicted octanol–water partition coefficient (Wildman–Crippen LogP) is 12.0. The highest BCUT2D eigenvalue weighted by molar-refractivity contribution is 7.69. The maximum absolute atomic E-state index is 16.9. The lowest BCUT2D eigenvalue weighted by atomic mass is 9.83. The van der Waals surface area contributed by atoms with E-state index in [0.717, 1.165) is 11.1 Å². The minimum atomic E-state index is -4.11. The molecule has 0 radical (unpaired) electrons. The number of nitrogens with zero attached hydrogens (tertiary/aromatic N) is 3. The lowest BCUT2D eigenvalue weighted by Gasteiger charge is -2.44. The first-order valence-electron chi connectivity index (χ1n) is 19.6. The summed E-state index contributed by atoms with van der Waals surface area (Å²) >= 11 is 0. The van der Waals surface area contributed by atoms with Crippen molar-refractivity contribution in [3.63, 3.8) is 0 Å². The molecule has 1 aliphatic rings. The highest BCUT2D eigenvalue weighted by Crippen LogP contribution is 2.71. The van der Waals surface area contributed by atoms with Gasteiger partial charge in [0.1, 0.15) is 28.2 Å². The lowest BCUT2D eigenvalue weighted by Crippen LogP contribution is -2.37. The summed E-state index contributed by atoms with van der Waals surface area (Å²) in [5.74, 6) is 0.866. The van der Waals surface area contributed by atoms with E-state index in [1.807, 2.05) is 140 Å². The van der Waals surface area contributed by atoms with Crippen LogP contribution in [0.1, 0.15) is 33.4 Å². The Balaban J connectivity index is 1.26. The number of hydrogen-bond acceptors (Lipinski definition) is 8. The Kier molecular flexibility index (Phi) is 10.4. The topological polar surface area (TPSA) is 124 Å². The largest absolute Gasteiger partial charge is 0.507 e. The van der Waals surface area contributed by atoms with E-state index >= 15 is 4.57 Å². The molecule has 0 fully saturated rings. The zero-order valence-corrected chi connectivity index (χ0v) is 33.5. The standard InChI is InChI=1S/C52H38N3O5P/c56-47-16-6-1-11-36(47)33-53-42-27-21-39(22-28-42)52(40-23-29-43(30-24-40)54-34-37-12-2-7-17-48(37)57,41-25-31-44(32-26-41)55-35-38-13-3-8-18-49(38)58)61(59)51-20-10-5-15-46(51)45-14-4-9-19-50(45)60-61/h1-35,56-58H. The average molecular weight is 816 g/mol. The molecule has 1 aliphatic heterocycles. The molecule has 8 nitrogen and oxygen atoms in total. The highest BCUT2D eigenvalue weighted by atomic mass is 31.2. The van der Waals surface area contributed by atoms with Crippen molar-refractivity contribution in [3.05, 3.63) is 228 Å². The van der Waals surface area contributed by atoms with Gasteiger partial charge in [0.15, 0.2) is 0 Å². The fraction of sp³-hybridized carbons (Fsp3) is 0.0192. The number of rotatable bonds is 10. The highest BCUT2D eigenvalue weighted by Gasteiger charge is 2.58. The van der Waals surface area contributed by atoms with Crippen LogP contribution < -0.4 is 9.83 Å². The molecular formula is C52H38N3O5P. The third kappa shape index (κ3) is 7.30. The van der Waals surface area contributed by atoms with Crippen LogP contribution in [0.25, 0.3) is 11.1 Å². The number of aliphatic imine (C=N–C) groups is 3. The molecule has 0 bridgehead atoms. The summed E-state index contributed by atoms with van der Waals surface area (Å²) in [5.41, 5.74) is 7.30. The molecule has 9 rings (SSSR count). The van der Waals surface area contributed by atoms with Gasteiger partial charge < -0.3 is 19.8 Å². The Bertz CT molecular complexity index is 2780. The second-order valence-electron chi connectivity index (χ2n) is 14.5. The van der Waals surface area contributed by atoms with E-state index in [0.29, 0.717) is 61.5 Å². The van der Waals surface area contributed by atoms with E-state index in [1.54, 1.807) is 73.2 Å². The molecule has 0 amide bonds. The molecule has 8 aromatic carbocycles. The van der Waals surface area contributed by atoms with Crippen LogP contribution in [0, 0.1) is 0 Å². The molecular weight excluding hydrogens is 778 g/mol. The molecule has 3 N–H and O–H groups in total. The summed E-state index contributed by atoms with van der Waals surface area (Å²) in [6.07, 6.45) is 4.83. The molecule has 0 saturated carbocycles. The quantitative estimate of drug-likeness (QED) is 0.0720. The Morgan fingerprint density at radius 3 is 1.16 bits per heavy atom. The van der Waals surface area contributed by atoms with Crippen LogP contribution in [0.4, 0.5) is 17.1 Å². The van der Waals surface area contributed by atoms with E-state index in [-0.39, 0.29) is 17.2 Å². The third-order valence-corrected chi connectivity index (χ3v) is 13.9. The van der Waals surface area contributed by atoms with Crippen LogP contribution in [0.15, 0.2) is 209 Å². The lowest BCUT2D eigenvalue weighted by molar-refractivity contribution is 0.469. The second kappa shape index (κ2) is 16.5. The fourth-order valence-corrected chi connectivity index (χ4v) is 11.1. The number of para-hydroxylation sites is 4. The predicted molar refractivity (Wildman–Crippen MR) is 245 cm³/mol. The van der Waals surface area contributed by atoms with Gasteiger partial charge in [0.25, 0.3) is 7.37 Å². The SMILES string of the molecule is O=P1(C(c2ccc(N=Cc3ccccc3O)cc2)(c2ccc(N=Cc3ccccc3O)cc2)c2ccc(N=Cc3ccccc3O)cc2)Oc2ccccc2-c2ccccc21. The molecule has 61 heavy (non-hydrogen) atoms. The van der Waals surface area contributed by atoms with Gasteiger partial charge in [-0.25, -0.2) is 0 Å². The molecule has 0 spiro atoms. The number of phenolic OH excluding ortho intramolecular Hbond substituents is 3. The minimum absolute atomic E-state index is 0.120. The van der Waals surface area contributed by atoms with Gasteiger partial charge in [-0.1, -0.05) is 109 Å². The molecule has 1 heterocycles. The van der Waals surface area contributed by atoms with Gasteiger partial charge in [-0.05, 0) is 107 Å². The maximum atomic E-state index is 16.9. The molecule has 1 unspecified atom stereocenters.